The van der Waals surface area contributed by atoms with Gasteiger partial charge in [-0.3, -0.25) is 4.79 Å². The first-order valence-electron chi connectivity index (χ1n) is 11.6. The summed E-state index contributed by atoms with van der Waals surface area (Å²) in [7, 11) is 0. The van der Waals surface area contributed by atoms with Crippen molar-refractivity contribution in [2.75, 3.05) is 0 Å². The van der Waals surface area contributed by atoms with Crippen molar-refractivity contribution in [2.45, 2.75) is 12.8 Å². The van der Waals surface area contributed by atoms with E-state index in [2.05, 4.69) is 10.1 Å². The first-order chi connectivity index (χ1) is 18.7. The highest BCUT2D eigenvalue weighted by Gasteiger charge is 2.31. The maximum atomic E-state index is 13.4. The number of rotatable bonds is 6. The summed E-state index contributed by atoms with van der Waals surface area (Å²) in [6, 6.07) is 21.7. The van der Waals surface area contributed by atoms with E-state index in [1.165, 1.54) is 30.5 Å². The molecule has 0 amide bonds. The third kappa shape index (κ3) is 5.83. The Balaban J connectivity index is 1.49. The van der Waals surface area contributed by atoms with Crippen molar-refractivity contribution in [3.8, 4) is 17.1 Å². The van der Waals surface area contributed by atoms with Crippen molar-refractivity contribution in [1.29, 1.82) is 0 Å². The van der Waals surface area contributed by atoms with Gasteiger partial charge in [-0.2, -0.15) is 22.9 Å². The average Bonchev–Trinajstić information content (AvgIpc) is 2.92. The van der Waals surface area contributed by atoms with Gasteiger partial charge in [0, 0.05) is 5.56 Å². The minimum Gasteiger partial charge on any atom is -0.487 e. The van der Waals surface area contributed by atoms with Crippen LogP contribution >= 0.6 is 11.6 Å². The number of benzene rings is 4. The van der Waals surface area contributed by atoms with Crippen LogP contribution in [0, 0.1) is 5.82 Å². The molecule has 0 saturated heterocycles. The molecule has 39 heavy (non-hydrogen) atoms. The van der Waals surface area contributed by atoms with Gasteiger partial charge >= 0.3 is 6.18 Å². The Morgan fingerprint density at radius 1 is 0.949 bits per heavy atom. The van der Waals surface area contributed by atoms with Gasteiger partial charge < -0.3 is 4.74 Å². The van der Waals surface area contributed by atoms with Crippen molar-refractivity contribution < 1.29 is 22.3 Å². The Hall–Kier alpha value is -4.50. The Morgan fingerprint density at radius 2 is 1.72 bits per heavy atom. The number of para-hydroxylation sites is 1. The number of hydrogen-bond acceptors (Lipinski definition) is 4. The summed E-state index contributed by atoms with van der Waals surface area (Å²) in [6.45, 7) is 0.173. The molecule has 196 valence electrons. The number of ether oxygens (including phenoxy) is 1. The molecule has 0 N–H and O–H groups in total. The summed E-state index contributed by atoms with van der Waals surface area (Å²) in [5, 5.41) is 4.79. The van der Waals surface area contributed by atoms with Crippen LogP contribution in [0.15, 0.2) is 101 Å². The molecule has 0 fully saturated rings. The molecule has 0 saturated carbocycles. The fraction of sp³-hybridized carbons (Fsp3) is 0.0690. The third-order valence-electron chi connectivity index (χ3n) is 5.79. The second-order valence-corrected chi connectivity index (χ2v) is 8.90. The Bertz CT molecular complexity index is 1750. The summed E-state index contributed by atoms with van der Waals surface area (Å²) in [5.41, 5.74) is 0.239. The lowest BCUT2D eigenvalue weighted by molar-refractivity contribution is -0.137. The minimum atomic E-state index is -4.57. The van der Waals surface area contributed by atoms with Crippen LogP contribution in [0.3, 0.4) is 0 Å². The van der Waals surface area contributed by atoms with E-state index in [9.17, 15) is 22.4 Å². The predicted octanol–water partition coefficient (Wildman–Crippen LogP) is 7.34. The monoisotopic (exact) mass is 551 g/mol. The maximum absolute atomic E-state index is 13.4. The molecular weight excluding hydrogens is 534 g/mol. The van der Waals surface area contributed by atoms with Crippen LogP contribution in [0.4, 0.5) is 17.6 Å². The fourth-order valence-corrected chi connectivity index (χ4v) is 4.08. The Morgan fingerprint density at radius 3 is 2.46 bits per heavy atom. The van der Waals surface area contributed by atoms with Gasteiger partial charge in [-0.15, -0.1) is 0 Å². The zero-order valence-electron chi connectivity index (χ0n) is 20.0. The van der Waals surface area contributed by atoms with Crippen molar-refractivity contribution >= 4 is 28.7 Å². The molecule has 5 rings (SSSR count). The van der Waals surface area contributed by atoms with Crippen LogP contribution in [-0.4, -0.2) is 15.9 Å². The van der Waals surface area contributed by atoms with Gasteiger partial charge in [0.25, 0.3) is 5.56 Å². The van der Waals surface area contributed by atoms with Gasteiger partial charge in [-0.05, 0) is 65.7 Å². The molecule has 0 radical (unpaired) electrons. The molecular formula is C29H18ClF4N3O2. The molecule has 10 heteroatoms. The lowest BCUT2D eigenvalue weighted by atomic mass is 10.1. The second-order valence-electron chi connectivity index (χ2n) is 8.50. The summed E-state index contributed by atoms with van der Waals surface area (Å²) in [6.07, 6.45) is -3.22. The number of alkyl halides is 3. The van der Waals surface area contributed by atoms with E-state index < -0.39 is 17.3 Å². The van der Waals surface area contributed by atoms with E-state index >= 15 is 0 Å². The van der Waals surface area contributed by atoms with Crippen molar-refractivity contribution in [3.05, 3.63) is 129 Å². The van der Waals surface area contributed by atoms with E-state index in [1.54, 1.807) is 54.6 Å². The number of fused-ring (bicyclic) bond motifs is 1. The highest BCUT2D eigenvalue weighted by atomic mass is 35.5. The molecule has 0 bridgehead atoms. The van der Waals surface area contributed by atoms with Gasteiger partial charge in [0.1, 0.15) is 18.2 Å². The first kappa shape index (κ1) is 26.1. The quantitative estimate of drug-likeness (QED) is 0.164. The molecule has 1 aromatic heterocycles. The molecule has 0 atom stereocenters. The Labute approximate surface area is 224 Å². The SMILES string of the molecule is O=c1c2ccccc2nc(-c2cccc(C(F)(F)F)c2)n1N=Cc1ccc(OCc2ccc(F)cc2)c(Cl)c1. The minimum absolute atomic E-state index is 0.0496. The first-order valence-corrected chi connectivity index (χ1v) is 12.0. The zero-order valence-corrected chi connectivity index (χ0v) is 20.7. The Kier molecular flexibility index (Phi) is 7.17. The smallest absolute Gasteiger partial charge is 0.416 e. The molecule has 0 unspecified atom stereocenters. The lowest BCUT2D eigenvalue weighted by Gasteiger charge is -2.12. The topological polar surface area (TPSA) is 56.5 Å². The zero-order chi connectivity index (χ0) is 27.6. The van der Waals surface area contributed by atoms with E-state index in [1.807, 2.05) is 0 Å². The van der Waals surface area contributed by atoms with Crippen LogP contribution in [-0.2, 0) is 12.8 Å². The number of nitrogens with zero attached hydrogens (tertiary/aromatic N) is 3. The molecule has 0 spiro atoms. The number of halogens is 5. The van der Waals surface area contributed by atoms with Crippen LogP contribution in [0.2, 0.25) is 5.02 Å². The van der Waals surface area contributed by atoms with E-state index in [0.29, 0.717) is 16.8 Å². The summed E-state index contributed by atoms with van der Waals surface area (Å²) >= 11 is 6.37. The van der Waals surface area contributed by atoms with Crippen LogP contribution < -0.4 is 10.3 Å². The summed E-state index contributed by atoms with van der Waals surface area (Å²) in [4.78, 5) is 17.7. The van der Waals surface area contributed by atoms with Crippen LogP contribution in [0.25, 0.3) is 22.3 Å². The molecule has 0 aliphatic rings. The highest BCUT2D eigenvalue weighted by molar-refractivity contribution is 6.32. The molecule has 0 aliphatic carbocycles. The highest BCUT2D eigenvalue weighted by Crippen LogP contribution is 2.32. The average molecular weight is 552 g/mol. The fourth-order valence-electron chi connectivity index (χ4n) is 3.83. The molecule has 5 nitrogen and oxygen atoms in total. The second kappa shape index (κ2) is 10.7. The maximum Gasteiger partial charge on any atom is 0.416 e. The standard InChI is InChI=1S/C29H18ClF4N3O2/c30-24-14-19(10-13-26(24)39-17-18-8-11-22(31)12-9-18)16-35-37-27(20-4-3-5-21(15-20)29(32,33)34)36-25-7-2-1-6-23(25)28(37)38/h1-16H,17H2. The lowest BCUT2D eigenvalue weighted by Crippen LogP contribution is -2.20. The van der Waals surface area contributed by atoms with Gasteiger partial charge in [-0.25, -0.2) is 9.37 Å². The van der Waals surface area contributed by atoms with E-state index in [-0.39, 0.29) is 34.2 Å². The third-order valence-corrected chi connectivity index (χ3v) is 6.08. The van der Waals surface area contributed by atoms with Crippen molar-refractivity contribution in [2.24, 2.45) is 5.10 Å². The van der Waals surface area contributed by atoms with Gasteiger partial charge in [0.15, 0.2) is 5.82 Å². The molecule has 1 heterocycles. The molecule has 4 aromatic carbocycles. The molecule has 5 aromatic rings. The van der Waals surface area contributed by atoms with E-state index in [4.69, 9.17) is 16.3 Å². The van der Waals surface area contributed by atoms with Crippen molar-refractivity contribution in [1.82, 2.24) is 9.66 Å². The van der Waals surface area contributed by atoms with Gasteiger partial charge in [-0.1, -0.05) is 48.0 Å². The number of aromatic nitrogens is 2. The predicted molar refractivity (Wildman–Crippen MR) is 142 cm³/mol. The summed E-state index contributed by atoms with van der Waals surface area (Å²) < 4.78 is 59.9. The van der Waals surface area contributed by atoms with Gasteiger partial charge in [0.2, 0.25) is 0 Å². The normalized spacial score (nSPS) is 11.8. The van der Waals surface area contributed by atoms with Crippen LogP contribution in [0.1, 0.15) is 16.7 Å². The van der Waals surface area contributed by atoms with Crippen LogP contribution in [0.5, 0.6) is 5.75 Å². The molecule has 0 aliphatic heterocycles. The number of hydrogen-bond donors (Lipinski definition) is 0. The van der Waals surface area contributed by atoms with Gasteiger partial charge in [0.05, 0.1) is 27.7 Å². The van der Waals surface area contributed by atoms with Crippen molar-refractivity contribution in [3.63, 3.8) is 0 Å². The summed E-state index contributed by atoms with van der Waals surface area (Å²) in [5.74, 6) is -0.0175. The van der Waals surface area contributed by atoms with E-state index in [0.717, 1.165) is 22.4 Å². The largest absolute Gasteiger partial charge is 0.487 e.